The maximum atomic E-state index is 5.64. The van der Waals surface area contributed by atoms with Gasteiger partial charge >= 0.3 is 0 Å². The van der Waals surface area contributed by atoms with Gasteiger partial charge in [0.05, 0.1) is 39.3 Å². The van der Waals surface area contributed by atoms with E-state index in [1.807, 2.05) is 18.2 Å². The van der Waals surface area contributed by atoms with Crippen molar-refractivity contribution in [2.24, 2.45) is 0 Å². The minimum absolute atomic E-state index is 0.888. The van der Waals surface area contributed by atoms with E-state index >= 15 is 0 Å². The van der Waals surface area contributed by atoms with E-state index in [0.29, 0.717) is 0 Å². The molecule has 0 N–H and O–H groups in total. The molecule has 11 aromatic rings. The van der Waals surface area contributed by atoms with Crippen LogP contribution in [0.25, 0.3) is 88.0 Å². The predicted octanol–water partition coefficient (Wildman–Crippen LogP) is 14.1. The number of fused-ring (bicyclic) bond motifs is 8. The molecule has 0 atom stereocenters. The van der Waals surface area contributed by atoms with Gasteiger partial charge in [-0.15, -0.1) is 0 Å². The van der Waals surface area contributed by atoms with Gasteiger partial charge in [-0.05, 0) is 59.3 Å². The van der Waals surface area contributed by atoms with Crippen molar-refractivity contribution < 1.29 is 0 Å². The highest BCUT2D eigenvalue weighted by Gasteiger charge is 2.20. The van der Waals surface area contributed by atoms with Gasteiger partial charge < -0.3 is 4.90 Å². The SMILES string of the molecule is c1ccc(-c2ccc3ccc4ccc(-c5cccc(-c6nc7c(N(c8ccccc8)c8ccccc8)cccc7c7c6ccc6ccccc67)c5)nc4c3n2)cc1. The van der Waals surface area contributed by atoms with Crippen LogP contribution in [0.5, 0.6) is 0 Å². The molecular weight excluding hydrogens is 693 g/mol. The summed E-state index contributed by atoms with van der Waals surface area (Å²) in [5.74, 6) is 0. The fourth-order valence-corrected chi connectivity index (χ4v) is 8.29. The molecule has 4 heteroatoms. The molecule has 8 aromatic carbocycles. The summed E-state index contributed by atoms with van der Waals surface area (Å²) >= 11 is 0. The van der Waals surface area contributed by atoms with Crippen molar-refractivity contribution in [2.75, 3.05) is 4.90 Å². The third kappa shape index (κ3) is 5.66. The Kier molecular flexibility index (Phi) is 7.78. The van der Waals surface area contributed by atoms with Gasteiger partial charge in [0, 0.05) is 55.0 Å². The number of para-hydroxylation sites is 3. The van der Waals surface area contributed by atoms with E-state index in [-0.39, 0.29) is 0 Å². The van der Waals surface area contributed by atoms with Crippen LogP contribution in [0.3, 0.4) is 0 Å². The molecule has 0 fully saturated rings. The fourth-order valence-electron chi connectivity index (χ4n) is 8.29. The zero-order chi connectivity index (χ0) is 37.7. The van der Waals surface area contributed by atoms with Gasteiger partial charge in [-0.3, -0.25) is 0 Å². The Balaban J connectivity index is 1.13. The van der Waals surface area contributed by atoms with Crippen LogP contribution in [0.4, 0.5) is 17.1 Å². The number of benzene rings is 8. The van der Waals surface area contributed by atoms with Gasteiger partial charge in [0.15, 0.2) is 0 Å². The minimum Gasteiger partial charge on any atom is -0.308 e. The van der Waals surface area contributed by atoms with E-state index in [1.165, 1.54) is 16.2 Å². The third-order valence-corrected chi connectivity index (χ3v) is 11.0. The van der Waals surface area contributed by atoms with Crippen molar-refractivity contribution in [3.63, 3.8) is 0 Å². The zero-order valence-corrected chi connectivity index (χ0v) is 30.9. The van der Waals surface area contributed by atoms with Crippen molar-refractivity contribution in [1.29, 1.82) is 0 Å². The van der Waals surface area contributed by atoms with Gasteiger partial charge in [0.25, 0.3) is 0 Å². The lowest BCUT2D eigenvalue weighted by Crippen LogP contribution is -2.11. The Labute approximate surface area is 330 Å². The summed E-state index contributed by atoms with van der Waals surface area (Å²) in [6.45, 7) is 0. The van der Waals surface area contributed by atoms with Gasteiger partial charge in [-0.1, -0.05) is 158 Å². The average molecular weight is 727 g/mol. The Morgan fingerprint density at radius 2 is 0.842 bits per heavy atom. The van der Waals surface area contributed by atoms with Crippen LogP contribution in [0, 0.1) is 0 Å². The first-order valence-electron chi connectivity index (χ1n) is 19.3. The normalized spacial score (nSPS) is 11.5. The molecule has 0 saturated carbocycles. The first kappa shape index (κ1) is 32.7. The van der Waals surface area contributed by atoms with Crippen LogP contribution in [0.1, 0.15) is 0 Å². The molecule has 0 radical (unpaired) electrons. The quantitative estimate of drug-likeness (QED) is 0.160. The summed E-state index contributed by atoms with van der Waals surface area (Å²) in [6.07, 6.45) is 0. The van der Waals surface area contributed by atoms with Crippen LogP contribution in [0.15, 0.2) is 206 Å². The second kappa shape index (κ2) is 13.6. The molecule has 0 aliphatic carbocycles. The number of rotatable bonds is 6. The highest BCUT2D eigenvalue weighted by atomic mass is 15.1. The summed E-state index contributed by atoms with van der Waals surface area (Å²) in [4.78, 5) is 18.4. The molecule has 0 amide bonds. The van der Waals surface area contributed by atoms with Gasteiger partial charge in [0.1, 0.15) is 0 Å². The van der Waals surface area contributed by atoms with Crippen molar-refractivity contribution >= 4 is 71.3 Å². The molecule has 0 saturated heterocycles. The van der Waals surface area contributed by atoms with Crippen molar-refractivity contribution in [1.82, 2.24) is 15.0 Å². The van der Waals surface area contributed by atoms with Crippen LogP contribution in [-0.2, 0) is 0 Å². The maximum Gasteiger partial charge on any atom is 0.0972 e. The van der Waals surface area contributed by atoms with E-state index in [1.54, 1.807) is 0 Å². The molecule has 57 heavy (non-hydrogen) atoms. The summed E-state index contributed by atoms with van der Waals surface area (Å²) in [5.41, 5.74) is 11.8. The lowest BCUT2D eigenvalue weighted by Gasteiger charge is -2.27. The van der Waals surface area contributed by atoms with E-state index in [2.05, 4.69) is 193 Å². The van der Waals surface area contributed by atoms with E-state index in [4.69, 9.17) is 15.0 Å². The Bertz CT molecular complexity index is 3250. The Morgan fingerprint density at radius 3 is 1.54 bits per heavy atom. The molecule has 0 aliphatic heterocycles. The van der Waals surface area contributed by atoms with Gasteiger partial charge in [0.2, 0.25) is 0 Å². The van der Waals surface area contributed by atoms with Crippen LogP contribution in [-0.4, -0.2) is 15.0 Å². The second-order valence-electron chi connectivity index (χ2n) is 14.4. The smallest absolute Gasteiger partial charge is 0.0972 e. The maximum absolute atomic E-state index is 5.64. The van der Waals surface area contributed by atoms with E-state index < -0.39 is 0 Å². The predicted molar refractivity (Wildman–Crippen MR) is 238 cm³/mol. The topological polar surface area (TPSA) is 41.9 Å². The zero-order valence-electron chi connectivity index (χ0n) is 30.9. The van der Waals surface area contributed by atoms with Crippen LogP contribution < -0.4 is 4.90 Å². The number of aromatic nitrogens is 3. The molecule has 0 spiro atoms. The van der Waals surface area contributed by atoms with Crippen molar-refractivity contribution in [3.05, 3.63) is 206 Å². The largest absolute Gasteiger partial charge is 0.308 e. The Morgan fingerprint density at radius 1 is 0.316 bits per heavy atom. The summed E-state index contributed by atoms with van der Waals surface area (Å²) in [6, 6.07) is 72.6. The number of pyridine rings is 3. The molecular formula is C53H34N4. The van der Waals surface area contributed by atoms with Crippen LogP contribution in [0.2, 0.25) is 0 Å². The highest BCUT2D eigenvalue weighted by Crippen LogP contribution is 2.44. The number of hydrogen-bond acceptors (Lipinski definition) is 4. The second-order valence-corrected chi connectivity index (χ2v) is 14.4. The summed E-state index contributed by atoms with van der Waals surface area (Å²) in [5, 5.41) is 7.93. The van der Waals surface area contributed by atoms with Crippen molar-refractivity contribution in [3.8, 4) is 33.8 Å². The van der Waals surface area contributed by atoms with Crippen LogP contribution >= 0.6 is 0 Å². The van der Waals surface area contributed by atoms with Crippen molar-refractivity contribution in [2.45, 2.75) is 0 Å². The lowest BCUT2D eigenvalue weighted by molar-refractivity contribution is 1.28. The molecule has 3 heterocycles. The summed E-state index contributed by atoms with van der Waals surface area (Å²) < 4.78 is 0. The lowest BCUT2D eigenvalue weighted by atomic mass is 9.94. The number of hydrogen-bond donors (Lipinski definition) is 0. The number of anilines is 3. The molecule has 0 aliphatic rings. The molecule has 0 bridgehead atoms. The molecule has 3 aromatic heterocycles. The Hall–Kier alpha value is -7.69. The first-order valence-corrected chi connectivity index (χ1v) is 19.3. The third-order valence-electron chi connectivity index (χ3n) is 11.0. The first-order chi connectivity index (χ1) is 28.3. The standard InChI is InChI=1S/C53H34N4/c1-4-15-36(16-5-1)46-32-29-37-26-27-38-30-33-47(55-52(38)51(37)54-46)39-17-12-18-40(34-39)50-45-31-28-35-14-10-11-23-43(35)49(45)44-24-13-25-48(53(44)56-50)57(41-19-6-2-7-20-41)42-21-8-3-9-22-42/h1-34H. The minimum atomic E-state index is 0.888. The van der Waals surface area contributed by atoms with E-state index in [9.17, 15) is 0 Å². The summed E-state index contributed by atoms with van der Waals surface area (Å²) in [7, 11) is 0. The monoisotopic (exact) mass is 726 g/mol. The highest BCUT2D eigenvalue weighted by molar-refractivity contribution is 6.24. The molecule has 0 unspecified atom stereocenters. The van der Waals surface area contributed by atoms with Gasteiger partial charge in [-0.25, -0.2) is 15.0 Å². The molecule has 4 nitrogen and oxygen atoms in total. The number of nitrogens with zero attached hydrogens (tertiary/aromatic N) is 4. The average Bonchev–Trinajstić information content (AvgIpc) is 3.29. The van der Waals surface area contributed by atoms with Gasteiger partial charge in [-0.2, -0.15) is 0 Å². The molecule has 266 valence electrons. The van der Waals surface area contributed by atoms with E-state index in [0.717, 1.165) is 88.9 Å². The fraction of sp³-hybridized carbons (Fsp3) is 0. The molecule has 11 rings (SSSR count).